The van der Waals surface area contributed by atoms with E-state index in [0.29, 0.717) is 16.5 Å². The minimum Gasteiger partial charge on any atom is -0.434 e. The quantitative estimate of drug-likeness (QED) is 0.102. The number of rotatable bonds is 11. The number of hydrogen-bond donors (Lipinski definition) is 0. The topological polar surface area (TPSA) is 63.9 Å². The maximum Gasteiger partial charge on any atom is 0.494 e. The summed E-state index contributed by atoms with van der Waals surface area (Å²) in [5, 5.41) is 0.483. The molecule has 1 aliphatic heterocycles. The van der Waals surface area contributed by atoms with Crippen molar-refractivity contribution in [3.8, 4) is 5.75 Å². The largest absolute Gasteiger partial charge is 0.494 e. The highest BCUT2D eigenvalue weighted by Crippen LogP contribution is 2.41. The predicted octanol–water partition coefficient (Wildman–Crippen LogP) is 7.80. The van der Waals surface area contributed by atoms with Gasteiger partial charge in [0, 0.05) is 12.6 Å². The maximum atomic E-state index is 13.8. The van der Waals surface area contributed by atoms with Crippen molar-refractivity contribution in [2.45, 2.75) is 64.3 Å². The summed E-state index contributed by atoms with van der Waals surface area (Å²) in [5.74, 6) is 0.00982. The second-order valence-corrected chi connectivity index (χ2v) is 14.1. The average Bonchev–Trinajstić information content (AvgIpc) is 3.51. The van der Waals surface area contributed by atoms with E-state index in [-0.39, 0.29) is 24.5 Å². The van der Waals surface area contributed by atoms with Gasteiger partial charge in [-0.2, -0.15) is 8.78 Å². The number of aromatic nitrogens is 2. The monoisotopic (exact) mass is 702 g/mol. The molecular formula is C42H41BF2N2O5. The maximum absolute atomic E-state index is 13.8. The third-order valence-corrected chi connectivity index (χ3v) is 10.4. The summed E-state index contributed by atoms with van der Waals surface area (Å²) < 4.78 is 55.4. The molecule has 2 heterocycles. The van der Waals surface area contributed by atoms with Gasteiger partial charge in [-0.1, -0.05) is 103 Å². The Balaban J connectivity index is 1.28. The van der Waals surface area contributed by atoms with E-state index in [2.05, 4.69) is 0 Å². The number of ether oxygens (including phenoxy) is 2. The Morgan fingerprint density at radius 3 is 1.81 bits per heavy atom. The van der Waals surface area contributed by atoms with Gasteiger partial charge in [-0.25, -0.2) is 0 Å². The Morgan fingerprint density at radius 2 is 1.29 bits per heavy atom. The molecule has 266 valence electrons. The summed E-state index contributed by atoms with van der Waals surface area (Å²) in [6, 6.07) is 40.6. The van der Waals surface area contributed by atoms with Crippen LogP contribution < -0.4 is 15.8 Å². The van der Waals surface area contributed by atoms with E-state index in [4.69, 9.17) is 18.8 Å². The van der Waals surface area contributed by atoms with E-state index in [0.717, 1.165) is 27.7 Å². The van der Waals surface area contributed by atoms with E-state index in [9.17, 15) is 13.6 Å². The van der Waals surface area contributed by atoms with Gasteiger partial charge in [0.25, 0.3) is 5.56 Å². The molecule has 1 aliphatic rings. The first-order chi connectivity index (χ1) is 24.9. The van der Waals surface area contributed by atoms with Crippen LogP contribution in [0.1, 0.15) is 55.5 Å². The predicted molar refractivity (Wildman–Crippen MR) is 199 cm³/mol. The normalized spacial score (nSPS) is 15.4. The molecule has 0 atom stereocenters. The van der Waals surface area contributed by atoms with Gasteiger partial charge in [0.1, 0.15) is 11.4 Å². The van der Waals surface area contributed by atoms with Crippen molar-refractivity contribution in [2.24, 2.45) is 7.05 Å². The fourth-order valence-electron chi connectivity index (χ4n) is 6.88. The fraction of sp³-hybridized carbons (Fsp3) is 0.262. The van der Waals surface area contributed by atoms with Crippen LogP contribution in [0, 0.1) is 0 Å². The highest BCUT2D eigenvalue weighted by atomic mass is 19.3. The van der Waals surface area contributed by atoms with E-state index in [1.165, 1.54) is 10.7 Å². The van der Waals surface area contributed by atoms with Crippen molar-refractivity contribution in [1.29, 1.82) is 0 Å². The van der Waals surface area contributed by atoms with E-state index >= 15 is 0 Å². The second kappa shape index (κ2) is 13.8. The number of nitrogens with zero attached hydrogens (tertiary/aromatic N) is 2. The van der Waals surface area contributed by atoms with E-state index < -0.39 is 30.5 Å². The van der Waals surface area contributed by atoms with Crippen LogP contribution in [-0.2, 0) is 39.8 Å². The molecule has 5 aromatic carbocycles. The van der Waals surface area contributed by atoms with Crippen molar-refractivity contribution in [1.82, 2.24) is 9.36 Å². The molecule has 0 amide bonds. The van der Waals surface area contributed by atoms with Crippen molar-refractivity contribution in [3.63, 3.8) is 0 Å². The van der Waals surface area contributed by atoms with Crippen LogP contribution in [0.15, 0.2) is 132 Å². The third-order valence-electron chi connectivity index (χ3n) is 10.4. The lowest BCUT2D eigenvalue weighted by Crippen LogP contribution is -2.41. The van der Waals surface area contributed by atoms with Crippen molar-refractivity contribution >= 4 is 23.5 Å². The van der Waals surface area contributed by atoms with Gasteiger partial charge in [-0.05, 0) is 79.7 Å². The van der Waals surface area contributed by atoms with Gasteiger partial charge in [0.2, 0.25) is 0 Å². The summed E-state index contributed by atoms with van der Waals surface area (Å²) in [7, 11) is 1.01. The molecule has 1 saturated heterocycles. The van der Waals surface area contributed by atoms with Crippen LogP contribution in [-0.4, -0.2) is 34.3 Å². The van der Waals surface area contributed by atoms with E-state index in [1.807, 2.05) is 131 Å². The molecule has 0 aliphatic carbocycles. The minimum absolute atomic E-state index is 0.00982. The highest BCUT2D eigenvalue weighted by molar-refractivity contribution is 6.62. The zero-order chi connectivity index (χ0) is 36.7. The molecule has 0 N–H and O–H groups in total. The zero-order valence-electron chi connectivity index (χ0n) is 29.9. The van der Waals surface area contributed by atoms with Crippen LogP contribution in [0.25, 0.3) is 10.9 Å². The number of fused-ring (bicyclic) bond motifs is 1. The molecule has 6 aromatic rings. The SMILES string of the molecule is Cn1c(=O)c2ccc(B3OC(C)(C)C(C)(C)O3)cc2n1Cc1cc(COC(c2ccccc2)(c2ccccc2)c2ccccc2)ccc1OC(F)F. The molecule has 0 spiro atoms. The molecule has 0 unspecified atom stereocenters. The fourth-order valence-corrected chi connectivity index (χ4v) is 6.88. The third kappa shape index (κ3) is 6.47. The summed E-state index contributed by atoms with van der Waals surface area (Å²) in [6.45, 7) is 5.09. The molecule has 0 radical (unpaired) electrons. The lowest BCUT2D eigenvalue weighted by Gasteiger charge is -2.36. The van der Waals surface area contributed by atoms with Crippen LogP contribution in [0.4, 0.5) is 8.78 Å². The van der Waals surface area contributed by atoms with Gasteiger partial charge in [-0.15, -0.1) is 0 Å². The Labute approximate surface area is 302 Å². The first-order valence-corrected chi connectivity index (χ1v) is 17.3. The first-order valence-electron chi connectivity index (χ1n) is 17.3. The number of hydrogen-bond acceptors (Lipinski definition) is 5. The van der Waals surface area contributed by atoms with Crippen LogP contribution >= 0.6 is 0 Å². The standard InChI is InChI=1S/C42H41BF2N2O5/c1-40(2)41(3,4)52-43(51-40)34-22-23-35-36(26-34)47(46(5)38(35)48)27-30-25-29(21-24-37(30)50-39(44)45)28-49-42(31-15-9-6-10-16-31,32-17-11-7-12-18-32)33-19-13-8-14-20-33/h6-26,39H,27-28H2,1-5H3. The van der Waals surface area contributed by atoms with Crippen LogP contribution in [0.3, 0.4) is 0 Å². The number of alkyl halides is 2. The zero-order valence-corrected chi connectivity index (χ0v) is 29.9. The van der Waals surface area contributed by atoms with Gasteiger partial charge in [-0.3, -0.25) is 14.2 Å². The van der Waals surface area contributed by atoms with Gasteiger partial charge >= 0.3 is 13.7 Å². The van der Waals surface area contributed by atoms with Crippen molar-refractivity contribution < 1.29 is 27.6 Å². The molecule has 1 fully saturated rings. The molecule has 7 nitrogen and oxygen atoms in total. The lowest BCUT2D eigenvalue weighted by atomic mass is 9.79. The van der Waals surface area contributed by atoms with Crippen LogP contribution in [0.2, 0.25) is 0 Å². The Hall–Kier alpha value is -5.03. The molecule has 0 bridgehead atoms. The summed E-state index contributed by atoms with van der Waals surface area (Å²) in [5.41, 5.74) is 3.08. The number of halogens is 2. The second-order valence-electron chi connectivity index (χ2n) is 14.1. The van der Waals surface area contributed by atoms with E-state index in [1.54, 1.807) is 29.9 Å². The Kier molecular flexibility index (Phi) is 9.42. The molecule has 1 aromatic heterocycles. The van der Waals surface area contributed by atoms with Crippen LogP contribution in [0.5, 0.6) is 5.75 Å². The van der Waals surface area contributed by atoms with Crippen molar-refractivity contribution in [2.75, 3.05) is 0 Å². The summed E-state index contributed by atoms with van der Waals surface area (Å²) >= 11 is 0. The molecule has 0 saturated carbocycles. The first kappa shape index (κ1) is 35.4. The van der Waals surface area contributed by atoms with Crippen molar-refractivity contribution in [3.05, 3.63) is 166 Å². The summed E-state index contributed by atoms with van der Waals surface area (Å²) in [6.07, 6.45) is 0. The Bertz CT molecular complexity index is 2130. The lowest BCUT2D eigenvalue weighted by molar-refractivity contribution is -0.0505. The van der Waals surface area contributed by atoms with Gasteiger partial charge < -0.3 is 18.8 Å². The van der Waals surface area contributed by atoms with Gasteiger partial charge in [0.15, 0.2) is 0 Å². The highest BCUT2D eigenvalue weighted by Gasteiger charge is 2.51. The average molecular weight is 703 g/mol. The van der Waals surface area contributed by atoms with Gasteiger partial charge in [0.05, 0.1) is 35.3 Å². The summed E-state index contributed by atoms with van der Waals surface area (Å²) in [4.78, 5) is 13.4. The Morgan fingerprint density at radius 1 is 0.750 bits per heavy atom. The molecule has 10 heteroatoms. The molecule has 52 heavy (non-hydrogen) atoms. The molecular weight excluding hydrogens is 661 g/mol. The number of benzene rings is 5. The molecule has 7 rings (SSSR count). The smallest absolute Gasteiger partial charge is 0.434 e. The minimum atomic E-state index is -3.04.